The Balaban J connectivity index is 1.40. The Morgan fingerprint density at radius 2 is 2.03 bits per heavy atom. The first-order valence-electron chi connectivity index (χ1n) is 10.8. The SMILES string of the molecule is Cc1ccc(N(C)Cc2ccc3nc(NC4C=C(CN[C@@H](C)C(=O)O)C=CN4)sc3n2)cc1. The van der Waals surface area contributed by atoms with Crippen LogP contribution in [0.1, 0.15) is 18.2 Å². The third kappa shape index (κ3) is 5.88. The lowest BCUT2D eigenvalue weighted by atomic mass is 10.1. The van der Waals surface area contributed by atoms with E-state index in [4.69, 9.17) is 10.1 Å². The van der Waals surface area contributed by atoms with Crippen molar-refractivity contribution in [2.75, 3.05) is 23.8 Å². The first-order chi connectivity index (χ1) is 15.9. The van der Waals surface area contributed by atoms with Crippen molar-refractivity contribution in [1.82, 2.24) is 20.6 Å². The van der Waals surface area contributed by atoms with Crippen LogP contribution in [0, 0.1) is 6.92 Å². The Hall–Kier alpha value is -3.43. The molecule has 2 atom stereocenters. The summed E-state index contributed by atoms with van der Waals surface area (Å²) in [5, 5.41) is 19.4. The van der Waals surface area contributed by atoms with Gasteiger partial charge in [-0.15, -0.1) is 0 Å². The van der Waals surface area contributed by atoms with E-state index in [0.29, 0.717) is 13.1 Å². The van der Waals surface area contributed by atoms with Gasteiger partial charge in [0.1, 0.15) is 22.6 Å². The van der Waals surface area contributed by atoms with Crippen molar-refractivity contribution < 1.29 is 9.90 Å². The molecule has 0 amide bonds. The molecule has 1 unspecified atom stereocenters. The van der Waals surface area contributed by atoms with E-state index < -0.39 is 12.0 Å². The van der Waals surface area contributed by atoms with Crippen LogP contribution in [0.4, 0.5) is 10.8 Å². The summed E-state index contributed by atoms with van der Waals surface area (Å²) in [4.78, 5) is 23.5. The minimum atomic E-state index is -0.866. The Morgan fingerprint density at radius 1 is 1.24 bits per heavy atom. The molecule has 0 saturated carbocycles. The van der Waals surface area contributed by atoms with Gasteiger partial charge in [0.25, 0.3) is 0 Å². The third-order valence-electron chi connectivity index (χ3n) is 5.40. The molecular formula is C24H28N6O2S. The van der Waals surface area contributed by atoms with Crippen molar-refractivity contribution in [3.05, 3.63) is 71.6 Å². The maximum Gasteiger partial charge on any atom is 0.320 e. The van der Waals surface area contributed by atoms with Gasteiger partial charge in [0, 0.05) is 19.3 Å². The number of benzene rings is 1. The number of carboxylic acid groups (broad SMARTS) is 1. The van der Waals surface area contributed by atoms with E-state index in [1.165, 1.54) is 16.9 Å². The fraction of sp³-hybridized carbons (Fsp3) is 0.292. The molecule has 0 radical (unpaired) electrons. The van der Waals surface area contributed by atoms with Gasteiger partial charge in [0.05, 0.1) is 12.2 Å². The van der Waals surface area contributed by atoms with Crippen LogP contribution < -0.4 is 20.9 Å². The van der Waals surface area contributed by atoms with Gasteiger partial charge >= 0.3 is 5.97 Å². The molecule has 1 aliphatic heterocycles. The number of aryl methyl sites for hydroxylation is 1. The highest BCUT2D eigenvalue weighted by Gasteiger charge is 2.15. The van der Waals surface area contributed by atoms with Crippen LogP contribution in [0.2, 0.25) is 0 Å². The van der Waals surface area contributed by atoms with Gasteiger partial charge in [0.2, 0.25) is 0 Å². The fourth-order valence-electron chi connectivity index (χ4n) is 3.41. The number of fused-ring (bicyclic) bond motifs is 1. The molecule has 172 valence electrons. The molecule has 3 heterocycles. The van der Waals surface area contributed by atoms with Gasteiger partial charge in [-0.05, 0) is 62.0 Å². The summed E-state index contributed by atoms with van der Waals surface area (Å²) in [7, 11) is 2.06. The molecule has 1 aliphatic rings. The Morgan fingerprint density at radius 3 is 2.79 bits per heavy atom. The molecule has 4 rings (SSSR count). The van der Waals surface area contributed by atoms with Crippen LogP contribution in [0.15, 0.2) is 60.3 Å². The highest BCUT2D eigenvalue weighted by Crippen LogP contribution is 2.26. The van der Waals surface area contributed by atoms with Crippen molar-refractivity contribution in [1.29, 1.82) is 0 Å². The summed E-state index contributed by atoms with van der Waals surface area (Å²) in [6.07, 6.45) is 5.66. The second-order valence-corrected chi connectivity index (χ2v) is 9.12. The quantitative estimate of drug-likeness (QED) is 0.382. The monoisotopic (exact) mass is 464 g/mol. The first-order valence-corrected chi connectivity index (χ1v) is 11.6. The van der Waals surface area contributed by atoms with Crippen LogP contribution >= 0.6 is 11.3 Å². The van der Waals surface area contributed by atoms with Crippen LogP contribution in [-0.2, 0) is 11.3 Å². The zero-order chi connectivity index (χ0) is 23.4. The summed E-state index contributed by atoms with van der Waals surface area (Å²) in [6.45, 7) is 4.90. The lowest BCUT2D eigenvalue weighted by Crippen LogP contribution is -2.37. The van der Waals surface area contributed by atoms with Gasteiger partial charge in [0.15, 0.2) is 5.13 Å². The lowest BCUT2D eigenvalue weighted by molar-refractivity contribution is -0.138. The van der Waals surface area contributed by atoms with Crippen molar-refractivity contribution in [3.8, 4) is 0 Å². The van der Waals surface area contributed by atoms with E-state index in [9.17, 15) is 4.79 Å². The Kier molecular flexibility index (Phi) is 6.90. The average molecular weight is 465 g/mol. The zero-order valence-corrected chi connectivity index (χ0v) is 19.7. The predicted octanol–water partition coefficient (Wildman–Crippen LogP) is 3.48. The minimum absolute atomic E-state index is 0.139. The van der Waals surface area contributed by atoms with Gasteiger partial charge in [-0.1, -0.05) is 29.0 Å². The maximum absolute atomic E-state index is 11.0. The third-order valence-corrected chi connectivity index (χ3v) is 6.30. The van der Waals surface area contributed by atoms with E-state index in [0.717, 1.165) is 32.4 Å². The van der Waals surface area contributed by atoms with E-state index in [-0.39, 0.29) is 6.17 Å². The molecule has 0 aliphatic carbocycles. The number of carboxylic acids is 1. The van der Waals surface area contributed by atoms with Crippen LogP contribution in [0.5, 0.6) is 0 Å². The molecule has 3 aromatic rings. The molecule has 9 heteroatoms. The molecule has 0 fully saturated rings. The summed E-state index contributed by atoms with van der Waals surface area (Å²) in [6, 6.07) is 11.9. The number of aliphatic carboxylic acids is 1. The number of carbonyl (C=O) groups is 1. The normalized spacial score (nSPS) is 16.2. The molecular weight excluding hydrogens is 436 g/mol. The molecule has 33 heavy (non-hydrogen) atoms. The largest absolute Gasteiger partial charge is 0.480 e. The van der Waals surface area contributed by atoms with Crippen LogP contribution in [0.3, 0.4) is 0 Å². The Bertz CT molecular complexity index is 1190. The average Bonchev–Trinajstić information content (AvgIpc) is 3.19. The minimum Gasteiger partial charge on any atom is -0.480 e. The number of thiazole rings is 1. The highest BCUT2D eigenvalue weighted by molar-refractivity contribution is 7.21. The summed E-state index contributed by atoms with van der Waals surface area (Å²) >= 11 is 1.51. The first kappa shape index (κ1) is 22.8. The molecule has 4 N–H and O–H groups in total. The van der Waals surface area contributed by atoms with Crippen molar-refractivity contribution in [3.63, 3.8) is 0 Å². The number of aromatic nitrogens is 2. The number of rotatable bonds is 9. The zero-order valence-electron chi connectivity index (χ0n) is 18.9. The smallest absolute Gasteiger partial charge is 0.320 e. The number of anilines is 2. The lowest BCUT2D eigenvalue weighted by Gasteiger charge is -2.20. The second kappa shape index (κ2) is 10.0. The highest BCUT2D eigenvalue weighted by atomic mass is 32.1. The molecule has 8 nitrogen and oxygen atoms in total. The number of nitrogens with one attached hydrogen (secondary N) is 3. The van der Waals surface area contributed by atoms with Gasteiger partial charge in [-0.25, -0.2) is 9.97 Å². The van der Waals surface area contributed by atoms with Crippen LogP contribution in [-0.4, -0.2) is 46.8 Å². The molecule has 2 aromatic heterocycles. The predicted molar refractivity (Wildman–Crippen MR) is 134 cm³/mol. The van der Waals surface area contributed by atoms with Crippen molar-refractivity contribution in [2.45, 2.75) is 32.6 Å². The number of hydrogen-bond acceptors (Lipinski definition) is 8. The van der Waals surface area contributed by atoms with E-state index in [1.54, 1.807) is 6.92 Å². The summed E-state index contributed by atoms with van der Waals surface area (Å²) in [5.74, 6) is -0.866. The summed E-state index contributed by atoms with van der Waals surface area (Å²) < 4.78 is 0. The Labute approximate surface area is 197 Å². The van der Waals surface area contributed by atoms with Gasteiger partial charge in [-0.3, -0.25) is 4.79 Å². The van der Waals surface area contributed by atoms with Crippen molar-refractivity contribution in [2.24, 2.45) is 0 Å². The van der Waals surface area contributed by atoms with E-state index in [2.05, 4.69) is 64.1 Å². The second-order valence-electron chi connectivity index (χ2n) is 8.14. The van der Waals surface area contributed by atoms with Crippen LogP contribution in [0.25, 0.3) is 10.3 Å². The summed E-state index contributed by atoms with van der Waals surface area (Å²) in [5.41, 5.74) is 5.24. The number of pyridine rings is 1. The standard InChI is InChI=1S/C24H28N6O2S/c1-15-4-7-19(8-5-15)30(3)14-18-6-9-20-22(27-18)33-24(28-20)29-21-12-17(10-11-25-21)13-26-16(2)23(31)32/h4-12,16,21,25-26H,13-14H2,1-3H3,(H,28,29)(H,31,32)/t16-,21?/m0/s1. The fourth-order valence-corrected chi connectivity index (χ4v) is 4.30. The number of nitrogens with zero attached hydrogens (tertiary/aromatic N) is 3. The van der Waals surface area contributed by atoms with E-state index in [1.807, 2.05) is 30.5 Å². The van der Waals surface area contributed by atoms with Gasteiger partial charge < -0.3 is 26.0 Å². The van der Waals surface area contributed by atoms with Crippen molar-refractivity contribution >= 4 is 38.5 Å². The number of dihydropyridines is 1. The van der Waals surface area contributed by atoms with E-state index >= 15 is 0 Å². The molecule has 0 spiro atoms. The number of hydrogen-bond donors (Lipinski definition) is 4. The maximum atomic E-state index is 11.0. The van der Waals surface area contributed by atoms with Gasteiger partial charge in [-0.2, -0.15) is 0 Å². The molecule has 0 saturated heterocycles. The molecule has 1 aromatic carbocycles. The molecule has 0 bridgehead atoms. The topological polar surface area (TPSA) is 102 Å².